The largest absolute Gasteiger partial charge is 0.465 e. The maximum absolute atomic E-state index is 11.7. The fourth-order valence-electron chi connectivity index (χ4n) is 1.86. The highest BCUT2D eigenvalue weighted by Crippen LogP contribution is 2.17. The first-order valence-corrected chi connectivity index (χ1v) is 7.56. The summed E-state index contributed by atoms with van der Waals surface area (Å²) in [7, 11) is 1.32. The topological polar surface area (TPSA) is 102 Å². The van der Waals surface area contributed by atoms with Gasteiger partial charge in [0.15, 0.2) is 11.6 Å². The number of aromatic nitrogens is 2. The summed E-state index contributed by atoms with van der Waals surface area (Å²) in [6.07, 6.45) is -0.603. The van der Waals surface area contributed by atoms with Gasteiger partial charge in [-0.05, 0) is 51.1 Å². The Balaban J connectivity index is 2.01. The molecule has 0 atom stereocenters. The number of benzene rings is 1. The Labute approximate surface area is 145 Å². The van der Waals surface area contributed by atoms with E-state index in [1.807, 2.05) is 0 Å². The number of esters is 1. The molecule has 132 valence electrons. The van der Waals surface area contributed by atoms with Crippen LogP contribution in [0.15, 0.2) is 36.4 Å². The molecule has 0 fully saturated rings. The lowest BCUT2D eigenvalue weighted by atomic mass is 10.2. The third kappa shape index (κ3) is 5.76. The molecule has 0 saturated heterocycles. The first kappa shape index (κ1) is 18.2. The lowest BCUT2D eigenvalue weighted by Gasteiger charge is -2.19. The Bertz CT molecular complexity index is 754. The van der Waals surface area contributed by atoms with Crippen LogP contribution in [0.1, 0.15) is 31.1 Å². The minimum atomic E-state index is -0.603. The van der Waals surface area contributed by atoms with Gasteiger partial charge in [-0.2, -0.15) is 0 Å². The summed E-state index contributed by atoms with van der Waals surface area (Å²) in [4.78, 5) is 23.2. The summed E-state index contributed by atoms with van der Waals surface area (Å²) < 4.78 is 9.82. The predicted octanol–water partition coefficient (Wildman–Crippen LogP) is 3.35. The molecule has 2 rings (SSSR count). The summed E-state index contributed by atoms with van der Waals surface area (Å²) in [5, 5.41) is 13.4. The Morgan fingerprint density at radius 1 is 1.04 bits per heavy atom. The number of nitrogens with one attached hydrogen (secondary N) is 2. The zero-order chi connectivity index (χ0) is 18.4. The Hall–Kier alpha value is -3.16. The molecule has 0 unspecified atom stereocenters. The van der Waals surface area contributed by atoms with E-state index >= 15 is 0 Å². The van der Waals surface area contributed by atoms with Gasteiger partial charge in [-0.1, -0.05) is 6.07 Å². The normalized spacial score (nSPS) is 10.7. The van der Waals surface area contributed by atoms with Crippen molar-refractivity contribution in [1.82, 2.24) is 10.2 Å². The molecule has 0 bridgehead atoms. The summed E-state index contributed by atoms with van der Waals surface area (Å²) >= 11 is 0. The monoisotopic (exact) mass is 344 g/mol. The molecule has 0 radical (unpaired) electrons. The second-order valence-electron chi connectivity index (χ2n) is 6.13. The minimum Gasteiger partial charge on any atom is -0.465 e. The molecule has 1 aromatic heterocycles. The predicted molar refractivity (Wildman–Crippen MR) is 93.0 cm³/mol. The van der Waals surface area contributed by atoms with Crippen LogP contribution in [0.4, 0.5) is 22.1 Å². The fraction of sp³-hybridized carbons (Fsp3) is 0.294. The van der Waals surface area contributed by atoms with Gasteiger partial charge in [0.1, 0.15) is 5.60 Å². The molecule has 0 aliphatic heterocycles. The molecule has 0 aliphatic carbocycles. The summed E-state index contributed by atoms with van der Waals surface area (Å²) in [5.41, 5.74) is 0.484. The third-order valence-electron chi connectivity index (χ3n) is 2.85. The van der Waals surface area contributed by atoms with E-state index in [0.29, 0.717) is 17.1 Å². The van der Waals surface area contributed by atoms with Crippen molar-refractivity contribution in [1.29, 1.82) is 0 Å². The van der Waals surface area contributed by atoms with Crippen molar-refractivity contribution < 1.29 is 19.1 Å². The lowest BCUT2D eigenvalue weighted by Crippen LogP contribution is -2.27. The summed E-state index contributed by atoms with van der Waals surface area (Å²) in [6.45, 7) is 5.31. The van der Waals surface area contributed by atoms with Gasteiger partial charge >= 0.3 is 12.1 Å². The molecule has 0 saturated carbocycles. The van der Waals surface area contributed by atoms with E-state index in [0.717, 1.165) is 0 Å². The quantitative estimate of drug-likeness (QED) is 0.820. The fourth-order valence-corrected chi connectivity index (χ4v) is 1.86. The van der Waals surface area contributed by atoms with Crippen molar-refractivity contribution in [3.05, 3.63) is 42.0 Å². The maximum Gasteiger partial charge on any atom is 0.413 e. The van der Waals surface area contributed by atoms with E-state index < -0.39 is 17.7 Å². The average molecular weight is 344 g/mol. The SMILES string of the molecule is COC(=O)c1cccc(Nc2ccc(NC(=O)OC(C)(C)C)nn2)c1. The number of hydrogen-bond donors (Lipinski definition) is 2. The Morgan fingerprint density at radius 3 is 2.32 bits per heavy atom. The van der Waals surface area contributed by atoms with E-state index in [2.05, 4.69) is 25.6 Å². The van der Waals surface area contributed by atoms with Crippen molar-refractivity contribution >= 4 is 29.4 Å². The van der Waals surface area contributed by atoms with Gasteiger partial charge in [-0.25, -0.2) is 9.59 Å². The molecule has 0 aliphatic rings. The number of methoxy groups -OCH3 is 1. The Morgan fingerprint density at radius 2 is 1.72 bits per heavy atom. The maximum atomic E-state index is 11.7. The number of anilines is 3. The van der Waals surface area contributed by atoms with Crippen molar-refractivity contribution in [2.75, 3.05) is 17.7 Å². The molecular formula is C17H20N4O4. The molecular weight excluding hydrogens is 324 g/mol. The minimum absolute atomic E-state index is 0.267. The van der Waals surface area contributed by atoms with Crippen molar-refractivity contribution in [2.45, 2.75) is 26.4 Å². The van der Waals surface area contributed by atoms with Gasteiger partial charge in [0.25, 0.3) is 0 Å². The second-order valence-corrected chi connectivity index (χ2v) is 6.13. The standard InChI is InChI=1S/C17H20N4O4/c1-17(2,3)25-16(23)19-14-9-8-13(20-21-14)18-12-7-5-6-11(10-12)15(22)24-4/h5-10H,1-4H3,(H,18,20)(H,19,21,23). The molecule has 2 N–H and O–H groups in total. The van der Waals surface area contributed by atoms with Crippen LogP contribution in [0.25, 0.3) is 0 Å². The van der Waals surface area contributed by atoms with E-state index in [1.165, 1.54) is 7.11 Å². The Kier molecular flexibility index (Phi) is 5.53. The van der Waals surface area contributed by atoms with Crippen LogP contribution in [0.5, 0.6) is 0 Å². The smallest absolute Gasteiger partial charge is 0.413 e. The highest BCUT2D eigenvalue weighted by atomic mass is 16.6. The molecule has 8 heteroatoms. The number of nitrogens with zero attached hydrogens (tertiary/aromatic N) is 2. The van der Waals surface area contributed by atoms with Crippen molar-refractivity contribution in [2.24, 2.45) is 0 Å². The molecule has 0 spiro atoms. The summed E-state index contributed by atoms with van der Waals surface area (Å²) in [5.74, 6) is 0.298. The third-order valence-corrected chi connectivity index (χ3v) is 2.85. The van der Waals surface area contributed by atoms with Crippen LogP contribution in [0.3, 0.4) is 0 Å². The molecule has 25 heavy (non-hydrogen) atoms. The first-order chi connectivity index (χ1) is 11.8. The number of carbonyl (C=O) groups is 2. The zero-order valence-corrected chi connectivity index (χ0v) is 14.5. The van der Waals surface area contributed by atoms with E-state index in [-0.39, 0.29) is 5.82 Å². The molecule has 1 heterocycles. The molecule has 1 amide bonds. The van der Waals surface area contributed by atoms with E-state index in [9.17, 15) is 9.59 Å². The van der Waals surface area contributed by atoms with Gasteiger partial charge in [0.05, 0.1) is 12.7 Å². The van der Waals surface area contributed by atoms with Crippen LogP contribution in [-0.4, -0.2) is 35.0 Å². The van der Waals surface area contributed by atoms with Gasteiger partial charge in [0.2, 0.25) is 0 Å². The number of hydrogen-bond acceptors (Lipinski definition) is 7. The molecule has 1 aromatic carbocycles. The van der Waals surface area contributed by atoms with Gasteiger partial charge in [0, 0.05) is 5.69 Å². The first-order valence-electron chi connectivity index (χ1n) is 7.56. The number of ether oxygens (including phenoxy) is 2. The van der Waals surface area contributed by atoms with Gasteiger partial charge in [-0.3, -0.25) is 5.32 Å². The molecule has 8 nitrogen and oxygen atoms in total. The van der Waals surface area contributed by atoms with Crippen LogP contribution in [0.2, 0.25) is 0 Å². The van der Waals surface area contributed by atoms with E-state index in [4.69, 9.17) is 4.74 Å². The van der Waals surface area contributed by atoms with E-state index in [1.54, 1.807) is 57.2 Å². The van der Waals surface area contributed by atoms with Gasteiger partial charge in [-0.15, -0.1) is 10.2 Å². The lowest BCUT2D eigenvalue weighted by molar-refractivity contribution is 0.0598. The highest BCUT2D eigenvalue weighted by Gasteiger charge is 2.16. The number of amides is 1. The van der Waals surface area contributed by atoms with Crippen LogP contribution < -0.4 is 10.6 Å². The average Bonchev–Trinajstić information content (AvgIpc) is 2.54. The van der Waals surface area contributed by atoms with Crippen molar-refractivity contribution in [3.8, 4) is 0 Å². The number of carbonyl (C=O) groups excluding carboxylic acids is 2. The highest BCUT2D eigenvalue weighted by molar-refractivity contribution is 5.90. The molecule has 2 aromatic rings. The van der Waals surface area contributed by atoms with Crippen LogP contribution in [0, 0.1) is 0 Å². The van der Waals surface area contributed by atoms with Crippen LogP contribution in [-0.2, 0) is 9.47 Å². The summed E-state index contributed by atoms with van der Waals surface area (Å²) in [6, 6.07) is 10.0. The number of rotatable bonds is 4. The zero-order valence-electron chi connectivity index (χ0n) is 14.5. The van der Waals surface area contributed by atoms with Crippen molar-refractivity contribution in [3.63, 3.8) is 0 Å². The second kappa shape index (κ2) is 7.61. The van der Waals surface area contributed by atoms with Gasteiger partial charge < -0.3 is 14.8 Å². The van der Waals surface area contributed by atoms with Crippen LogP contribution >= 0.6 is 0 Å².